The zero-order valence-electron chi connectivity index (χ0n) is 6.40. The first kappa shape index (κ1) is 8.58. The van der Waals surface area contributed by atoms with E-state index in [-0.39, 0.29) is 6.09 Å². The maximum Gasteiger partial charge on any atom is 0.410 e. The van der Waals surface area contributed by atoms with Gasteiger partial charge in [0.15, 0.2) is 0 Å². The quantitative estimate of drug-likeness (QED) is 0.610. The number of ether oxygens (including phenoxy) is 1. The second-order valence-corrected chi connectivity index (χ2v) is 2.30. The SMILES string of the molecule is O=C(O)C=CCN1CCOC1=O. The number of carbonyl (C=O) groups is 2. The third kappa shape index (κ3) is 2.26. The highest BCUT2D eigenvalue weighted by Crippen LogP contribution is 2.01. The maximum atomic E-state index is 10.8. The van der Waals surface area contributed by atoms with Crippen molar-refractivity contribution >= 4 is 12.1 Å². The lowest BCUT2D eigenvalue weighted by molar-refractivity contribution is -0.131. The van der Waals surface area contributed by atoms with Crippen molar-refractivity contribution < 1.29 is 19.4 Å². The van der Waals surface area contributed by atoms with Crippen LogP contribution in [0.4, 0.5) is 4.79 Å². The van der Waals surface area contributed by atoms with E-state index in [9.17, 15) is 9.59 Å². The molecule has 5 nitrogen and oxygen atoms in total. The van der Waals surface area contributed by atoms with Crippen molar-refractivity contribution in [3.05, 3.63) is 12.2 Å². The smallest absolute Gasteiger partial charge is 0.410 e. The number of carboxylic acids is 1. The molecule has 0 aromatic carbocycles. The Morgan fingerprint density at radius 1 is 1.75 bits per heavy atom. The minimum Gasteiger partial charge on any atom is -0.478 e. The van der Waals surface area contributed by atoms with Gasteiger partial charge < -0.3 is 14.7 Å². The molecule has 1 saturated heterocycles. The number of amides is 1. The molecule has 1 heterocycles. The van der Waals surface area contributed by atoms with Crippen molar-refractivity contribution in [3.8, 4) is 0 Å². The topological polar surface area (TPSA) is 66.8 Å². The Labute approximate surface area is 69.2 Å². The normalized spacial score (nSPS) is 17.0. The third-order valence-corrected chi connectivity index (χ3v) is 1.43. The summed E-state index contributed by atoms with van der Waals surface area (Å²) in [6, 6.07) is 0. The highest BCUT2D eigenvalue weighted by Gasteiger charge is 2.19. The van der Waals surface area contributed by atoms with E-state index < -0.39 is 5.97 Å². The number of hydrogen-bond donors (Lipinski definition) is 1. The Morgan fingerprint density at radius 3 is 3.00 bits per heavy atom. The monoisotopic (exact) mass is 171 g/mol. The number of aliphatic carboxylic acids is 1. The van der Waals surface area contributed by atoms with Gasteiger partial charge in [-0.1, -0.05) is 6.08 Å². The lowest BCUT2D eigenvalue weighted by atomic mass is 10.4. The number of cyclic esters (lactones) is 1. The molecule has 0 atom stereocenters. The molecule has 1 N–H and O–H groups in total. The number of carboxylic acid groups (broad SMARTS) is 1. The fraction of sp³-hybridized carbons (Fsp3) is 0.429. The fourth-order valence-electron chi connectivity index (χ4n) is 0.872. The molecule has 12 heavy (non-hydrogen) atoms. The number of rotatable bonds is 3. The van der Waals surface area contributed by atoms with Crippen LogP contribution in [0.1, 0.15) is 0 Å². The van der Waals surface area contributed by atoms with Gasteiger partial charge in [-0.25, -0.2) is 9.59 Å². The van der Waals surface area contributed by atoms with Crippen LogP contribution in [0.3, 0.4) is 0 Å². The van der Waals surface area contributed by atoms with Crippen molar-refractivity contribution in [2.75, 3.05) is 19.7 Å². The van der Waals surface area contributed by atoms with Gasteiger partial charge in [0.05, 0.1) is 6.54 Å². The van der Waals surface area contributed by atoms with Crippen molar-refractivity contribution in [2.45, 2.75) is 0 Å². The van der Waals surface area contributed by atoms with Crippen LogP contribution in [-0.2, 0) is 9.53 Å². The average Bonchev–Trinajstić information content (AvgIpc) is 2.36. The van der Waals surface area contributed by atoms with Crippen LogP contribution >= 0.6 is 0 Å². The van der Waals surface area contributed by atoms with E-state index in [4.69, 9.17) is 5.11 Å². The van der Waals surface area contributed by atoms with Gasteiger partial charge in [0.25, 0.3) is 0 Å². The van der Waals surface area contributed by atoms with Gasteiger partial charge in [0.2, 0.25) is 0 Å². The molecule has 0 aromatic rings. The van der Waals surface area contributed by atoms with Gasteiger partial charge in [-0.05, 0) is 0 Å². The molecule has 0 bridgehead atoms. The van der Waals surface area contributed by atoms with E-state index in [1.165, 1.54) is 11.0 Å². The summed E-state index contributed by atoms with van der Waals surface area (Å²) in [5, 5.41) is 8.23. The zero-order valence-corrected chi connectivity index (χ0v) is 6.40. The Bertz CT molecular complexity index is 223. The molecule has 0 radical (unpaired) electrons. The summed E-state index contributed by atoms with van der Waals surface area (Å²) in [6.45, 7) is 1.22. The predicted molar refractivity (Wildman–Crippen MR) is 39.7 cm³/mol. The first-order chi connectivity index (χ1) is 5.70. The minimum absolute atomic E-state index is 0.297. The number of hydrogen-bond acceptors (Lipinski definition) is 3. The van der Waals surface area contributed by atoms with Crippen molar-refractivity contribution in [3.63, 3.8) is 0 Å². The zero-order chi connectivity index (χ0) is 8.97. The molecule has 1 rings (SSSR count). The van der Waals surface area contributed by atoms with E-state index in [0.29, 0.717) is 19.7 Å². The van der Waals surface area contributed by atoms with Crippen LogP contribution in [0.15, 0.2) is 12.2 Å². The first-order valence-electron chi connectivity index (χ1n) is 3.51. The van der Waals surface area contributed by atoms with Crippen LogP contribution < -0.4 is 0 Å². The van der Waals surface area contributed by atoms with E-state index >= 15 is 0 Å². The molecule has 1 aliphatic rings. The summed E-state index contributed by atoms with van der Waals surface area (Å²) < 4.78 is 4.63. The molecule has 0 saturated carbocycles. The third-order valence-electron chi connectivity index (χ3n) is 1.43. The van der Waals surface area contributed by atoms with Crippen molar-refractivity contribution in [2.24, 2.45) is 0 Å². The van der Waals surface area contributed by atoms with Crippen LogP contribution in [0.25, 0.3) is 0 Å². The lowest BCUT2D eigenvalue weighted by Crippen LogP contribution is -2.24. The largest absolute Gasteiger partial charge is 0.478 e. The summed E-state index contributed by atoms with van der Waals surface area (Å²) in [5.74, 6) is -1.01. The molecule has 1 amide bonds. The molecular weight excluding hydrogens is 162 g/mol. The summed E-state index contributed by atoms with van der Waals surface area (Å²) in [7, 11) is 0. The van der Waals surface area contributed by atoms with E-state index in [1.54, 1.807) is 0 Å². The van der Waals surface area contributed by atoms with Crippen molar-refractivity contribution in [1.82, 2.24) is 4.90 Å². The van der Waals surface area contributed by atoms with Gasteiger partial charge in [-0.2, -0.15) is 0 Å². The van der Waals surface area contributed by atoms with Crippen LogP contribution in [-0.4, -0.2) is 41.8 Å². The number of carbonyl (C=O) groups excluding carboxylic acids is 1. The second-order valence-electron chi connectivity index (χ2n) is 2.30. The summed E-state index contributed by atoms with van der Waals surface area (Å²) in [5.41, 5.74) is 0. The van der Waals surface area contributed by atoms with E-state index in [1.807, 2.05) is 0 Å². The van der Waals surface area contributed by atoms with Gasteiger partial charge in [-0.15, -0.1) is 0 Å². The Morgan fingerprint density at radius 2 is 2.50 bits per heavy atom. The second kappa shape index (κ2) is 3.75. The highest BCUT2D eigenvalue weighted by atomic mass is 16.6. The highest BCUT2D eigenvalue weighted by molar-refractivity contribution is 5.79. The standard InChI is InChI=1S/C7H9NO4/c9-6(10)2-1-3-8-4-5-12-7(8)11/h1-2H,3-5H2,(H,9,10). The summed E-state index contributed by atoms with van der Waals surface area (Å²) in [4.78, 5) is 22.2. The van der Waals surface area contributed by atoms with Gasteiger partial charge >= 0.3 is 12.1 Å². The summed E-state index contributed by atoms with van der Waals surface area (Å²) in [6.07, 6.45) is 2.03. The molecule has 5 heteroatoms. The Balaban J connectivity index is 2.31. The van der Waals surface area contributed by atoms with Gasteiger partial charge in [-0.3, -0.25) is 0 Å². The molecule has 0 aromatic heterocycles. The van der Waals surface area contributed by atoms with Gasteiger partial charge in [0, 0.05) is 12.6 Å². The van der Waals surface area contributed by atoms with Crippen LogP contribution in [0, 0.1) is 0 Å². The van der Waals surface area contributed by atoms with Crippen LogP contribution in [0.5, 0.6) is 0 Å². The molecule has 1 aliphatic heterocycles. The minimum atomic E-state index is -1.01. The van der Waals surface area contributed by atoms with Crippen LogP contribution in [0.2, 0.25) is 0 Å². The molecule has 1 fully saturated rings. The van der Waals surface area contributed by atoms with Crippen molar-refractivity contribution in [1.29, 1.82) is 0 Å². The maximum absolute atomic E-state index is 10.8. The van der Waals surface area contributed by atoms with Gasteiger partial charge in [0.1, 0.15) is 6.61 Å². The van der Waals surface area contributed by atoms with E-state index in [2.05, 4.69) is 4.74 Å². The molecule has 0 aliphatic carbocycles. The lowest BCUT2D eigenvalue weighted by Gasteiger charge is -2.07. The molecule has 0 unspecified atom stereocenters. The fourth-order valence-corrected chi connectivity index (χ4v) is 0.872. The first-order valence-corrected chi connectivity index (χ1v) is 3.51. The molecular formula is C7H9NO4. The Kier molecular flexibility index (Phi) is 2.68. The molecule has 66 valence electrons. The predicted octanol–water partition coefficient (Wildman–Crippen LogP) is 0.0794. The molecule has 0 spiro atoms. The Hall–Kier alpha value is -1.52. The number of nitrogens with zero attached hydrogens (tertiary/aromatic N) is 1. The van der Waals surface area contributed by atoms with E-state index in [0.717, 1.165) is 6.08 Å². The summed E-state index contributed by atoms with van der Waals surface area (Å²) >= 11 is 0. The average molecular weight is 171 g/mol.